The lowest BCUT2D eigenvalue weighted by Gasteiger charge is -2.09. The van der Waals surface area contributed by atoms with E-state index in [2.05, 4.69) is 15.9 Å². The first-order valence-electron chi connectivity index (χ1n) is 4.31. The molecule has 0 heterocycles. The number of hydrogen-bond donors (Lipinski definition) is 1. The molecule has 0 unspecified atom stereocenters. The fraction of sp³-hybridized carbons (Fsp3) is 0.400. The Kier molecular flexibility index (Phi) is 2.39. The van der Waals surface area contributed by atoms with Gasteiger partial charge in [0.2, 0.25) is 0 Å². The van der Waals surface area contributed by atoms with Crippen molar-refractivity contribution in [1.82, 2.24) is 0 Å². The monoisotopic (exact) mass is 244 g/mol. The van der Waals surface area contributed by atoms with Gasteiger partial charge in [0.1, 0.15) is 5.82 Å². The van der Waals surface area contributed by atoms with E-state index in [4.69, 9.17) is 0 Å². The van der Waals surface area contributed by atoms with E-state index in [-0.39, 0.29) is 5.82 Å². The molecule has 3 heteroatoms. The van der Waals surface area contributed by atoms with Gasteiger partial charge in [-0.25, -0.2) is 4.39 Å². The Bertz CT molecular complexity index is 323. The Balaban J connectivity index is 2.24. The van der Waals surface area contributed by atoms with Gasteiger partial charge in [-0.1, -0.05) is 6.07 Å². The van der Waals surface area contributed by atoms with Crippen molar-refractivity contribution in [3.8, 4) is 0 Å². The van der Waals surface area contributed by atoms with Crippen molar-refractivity contribution in [2.45, 2.75) is 18.9 Å². The van der Waals surface area contributed by atoms with Crippen LogP contribution in [-0.2, 0) is 0 Å². The molecule has 1 saturated carbocycles. The third kappa shape index (κ3) is 1.92. The molecule has 0 spiro atoms. The molecule has 0 aromatic heterocycles. The van der Waals surface area contributed by atoms with Gasteiger partial charge in [0.15, 0.2) is 0 Å². The van der Waals surface area contributed by atoms with E-state index >= 15 is 0 Å². The minimum absolute atomic E-state index is 0.285. The van der Waals surface area contributed by atoms with Crippen molar-refractivity contribution in [3.63, 3.8) is 0 Å². The second kappa shape index (κ2) is 3.39. The molecule has 13 heavy (non-hydrogen) atoms. The lowest BCUT2D eigenvalue weighted by molar-refractivity contribution is 0.153. The molecule has 70 valence electrons. The highest BCUT2D eigenvalue weighted by molar-refractivity contribution is 9.10. The first-order valence-corrected chi connectivity index (χ1v) is 5.11. The zero-order valence-electron chi connectivity index (χ0n) is 7.00. The summed E-state index contributed by atoms with van der Waals surface area (Å²) >= 11 is 3.10. The molecule has 1 aromatic carbocycles. The van der Waals surface area contributed by atoms with E-state index in [1.54, 1.807) is 12.1 Å². The van der Waals surface area contributed by atoms with Crippen LogP contribution in [0.25, 0.3) is 0 Å². The number of aliphatic hydroxyl groups excluding tert-OH is 1. The molecule has 0 radical (unpaired) electrons. The second-order valence-electron chi connectivity index (χ2n) is 3.46. The van der Waals surface area contributed by atoms with Gasteiger partial charge >= 0.3 is 0 Å². The lowest BCUT2D eigenvalue weighted by Crippen LogP contribution is -1.99. The molecule has 1 nitrogen and oxygen atoms in total. The summed E-state index contributed by atoms with van der Waals surface area (Å²) in [7, 11) is 0. The van der Waals surface area contributed by atoms with Crippen molar-refractivity contribution >= 4 is 15.9 Å². The Hall–Kier alpha value is -0.410. The maximum Gasteiger partial charge on any atom is 0.137 e. The van der Waals surface area contributed by atoms with E-state index in [1.165, 1.54) is 6.07 Å². The van der Waals surface area contributed by atoms with Gasteiger partial charge in [0.05, 0.1) is 10.6 Å². The van der Waals surface area contributed by atoms with Crippen molar-refractivity contribution in [3.05, 3.63) is 34.1 Å². The summed E-state index contributed by atoms with van der Waals surface area (Å²) in [4.78, 5) is 0. The van der Waals surface area contributed by atoms with Crippen molar-refractivity contribution < 1.29 is 9.50 Å². The number of hydrogen-bond acceptors (Lipinski definition) is 1. The summed E-state index contributed by atoms with van der Waals surface area (Å²) in [6.07, 6.45) is 1.74. The largest absolute Gasteiger partial charge is 0.388 e. The molecule has 1 N–H and O–H groups in total. The first kappa shape index (κ1) is 9.16. The zero-order valence-corrected chi connectivity index (χ0v) is 8.59. The highest BCUT2D eigenvalue weighted by atomic mass is 79.9. The maximum absolute atomic E-state index is 12.9. The Labute approximate surface area is 84.7 Å². The molecule has 0 saturated heterocycles. The van der Waals surface area contributed by atoms with Crippen LogP contribution in [0, 0.1) is 11.7 Å². The third-order valence-corrected chi connectivity index (χ3v) is 2.96. The molecule has 0 amide bonds. The molecular weight excluding hydrogens is 235 g/mol. The van der Waals surface area contributed by atoms with E-state index in [0.29, 0.717) is 10.4 Å². The normalized spacial score (nSPS) is 18.7. The Morgan fingerprint density at radius 3 is 2.69 bits per heavy atom. The van der Waals surface area contributed by atoms with E-state index in [0.717, 1.165) is 18.4 Å². The minimum atomic E-state index is -0.420. The van der Waals surface area contributed by atoms with Crippen LogP contribution in [0.2, 0.25) is 0 Å². The number of rotatable bonds is 2. The van der Waals surface area contributed by atoms with Gasteiger partial charge in [-0.15, -0.1) is 0 Å². The predicted molar refractivity (Wildman–Crippen MR) is 51.8 cm³/mol. The van der Waals surface area contributed by atoms with E-state index in [1.807, 2.05) is 0 Å². The summed E-state index contributed by atoms with van der Waals surface area (Å²) in [5.74, 6) is 0.101. The minimum Gasteiger partial charge on any atom is -0.388 e. The van der Waals surface area contributed by atoms with Gasteiger partial charge in [-0.05, 0) is 52.4 Å². The average molecular weight is 245 g/mol. The lowest BCUT2D eigenvalue weighted by atomic mass is 10.1. The van der Waals surface area contributed by atoms with Crippen LogP contribution >= 0.6 is 15.9 Å². The maximum atomic E-state index is 12.9. The van der Waals surface area contributed by atoms with Crippen LogP contribution in [-0.4, -0.2) is 5.11 Å². The molecule has 0 aliphatic heterocycles. The topological polar surface area (TPSA) is 20.2 Å². The SMILES string of the molecule is O[C@@H](c1ccc(F)c(Br)c1)C1CC1. The van der Waals surface area contributed by atoms with Crippen molar-refractivity contribution in [2.75, 3.05) is 0 Å². The predicted octanol–water partition coefficient (Wildman–Crippen LogP) is 3.03. The van der Waals surface area contributed by atoms with Crippen LogP contribution in [0.3, 0.4) is 0 Å². The zero-order chi connectivity index (χ0) is 9.42. The van der Waals surface area contributed by atoms with E-state index < -0.39 is 6.10 Å². The molecule has 1 fully saturated rings. The first-order chi connectivity index (χ1) is 6.18. The van der Waals surface area contributed by atoms with Crippen LogP contribution < -0.4 is 0 Å². The standard InChI is InChI=1S/C10H10BrFO/c11-8-5-7(3-4-9(8)12)10(13)6-1-2-6/h3-6,10,13H,1-2H2/t10-/m1/s1. The summed E-state index contributed by atoms with van der Waals surface area (Å²) in [5.41, 5.74) is 0.802. The molecule has 1 aromatic rings. The average Bonchev–Trinajstić information content (AvgIpc) is 2.91. The second-order valence-corrected chi connectivity index (χ2v) is 4.31. The highest BCUT2D eigenvalue weighted by Crippen LogP contribution is 2.41. The number of benzene rings is 1. The smallest absolute Gasteiger partial charge is 0.137 e. The third-order valence-electron chi connectivity index (χ3n) is 2.35. The molecule has 2 rings (SSSR count). The fourth-order valence-corrected chi connectivity index (χ4v) is 1.78. The van der Waals surface area contributed by atoms with E-state index in [9.17, 15) is 9.50 Å². The molecule has 0 bridgehead atoms. The Morgan fingerprint density at radius 1 is 1.46 bits per heavy atom. The van der Waals surface area contributed by atoms with Crippen LogP contribution in [0.4, 0.5) is 4.39 Å². The number of aliphatic hydroxyl groups is 1. The summed E-state index contributed by atoms with van der Waals surface area (Å²) < 4.78 is 13.3. The fourth-order valence-electron chi connectivity index (χ4n) is 1.38. The van der Waals surface area contributed by atoms with Crippen LogP contribution in [0.1, 0.15) is 24.5 Å². The summed E-state index contributed by atoms with van der Waals surface area (Å²) in [5, 5.41) is 9.73. The molecule has 1 aliphatic rings. The quantitative estimate of drug-likeness (QED) is 0.849. The molecule has 1 atom stereocenters. The Morgan fingerprint density at radius 2 is 2.15 bits per heavy atom. The van der Waals surface area contributed by atoms with Gasteiger partial charge < -0.3 is 5.11 Å². The highest BCUT2D eigenvalue weighted by Gasteiger charge is 2.30. The van der Waals surface area contributed by atoms with Crippen molar-refractivity contribution in [1.29, 1.82) is 0 Å². The summed E-state index contributed by atoms with van der Waals surface area (Å²) in [6, 6.07) is 4.67. The number of halogens is 2. The van der Waals surface area contributed by atoms with Crippen molar-refractivity contribution in [2.24, 2.45) is 5.92 Å². The van der Waals surface area contributed by atoms with Gasteiger partial charge in [0, 0.05) is 0 Å². The van der Waals surface area contributed by atoms with Crippen LogP contribution in [0.15, 0.2) is 22.7 Å². The van der Waals surface area contributed by atoms with Crippen LogP contribution in [0.5, 0.6) is 0 Å². The summed E-state index contributed by atoms with van der Waals surface area (Å²) in [6.45, 7) is 0. The van der Waals surface area contributed by atoms with Gasteiger partial charge in [-0.3, -0.25) is 0 Å². The van der Waals surface area contributed by atoms with Gasteiger partial charge in [-0.2, -0.15) is 0 Å². The van der Waals surface area contributed by atoms with Gasteiger partial charge in [0.25, 0.3) is 0 Å². The molecular formula is C10H10BrFO. The molecule has 1 aliphatic carbocycles.